The zero-order chi connectivity index (χ0) is 21.8. The number of carbonyl (C=O) groups is 2. The van der Waals surface area contributed by atoms with E-state index in [9.17, 15) is 9.59 Å². The molecule has 1 saturated heterocycles. The van der Waals surface area contributed by atoms with Crippen LogP contribution in [0.3, 0.4) is 0 Å². The van der Waals surface area contributed by atoms with E-state index in [0.29, 0.717) is 30.2 Å². The first-order valence-corrected chi connectivity index (χ1v) is 10.1. The van der Waals surface area contributed by atoms with Crippen LogP contribution in [0.1, 0.15) is 28.3 Å². The molecule has 3 aromatic carbocycles. The van der Waals surface area contributed by atoms with Crippen LogP contribution < -0.4 is 4.74 Å². The molecule has 0 spiro atoms. The fraction of sp³-hybridized carbons (Fsp3) is 0.200. The fourth-order valence-corrected chi connectivity index (χ4v) is 3.71. The molecule has 1 atom stereocenters. The maximum absolute atomic E-state index is 12.5. The number of hydrogen-bond donors (Lipinski definition) is 1. The van der Waals surface area contributed by atoms with E-state index in [4.69, 9.17) is 14.6 Å². The molecule has 0 bridgehead atoms. The van der Waals surface area contributed by atoms with E-state index in [1.165, 1.54) is 0 Å². The van der Waals surface area contributed by atoms with E-state index in [-0.39, 0.29) is 18.6 Å². The van der Waals surface area contributed by atoms with Crippen molar-refractivity contribution in [3.05, 3.63) is 95.1 Å². The van der Waals surface area contributed by atoms with Crippen LogP contribution in [0.2, 0.25) is 0 Å². The molecule has 1 aliphatic rings. The van der Waals surface area contributed by atoms with Gasteiger partial charge in [0.1, 0.15) is 18.1 Å². The minimum atomic E-state index is -0.896. The SMILES string of the molecule is Cc1ccc(Oc2cccc(CC(=O)O)c2)c(CN2C(=O)OC[C@@H]2c2ccccc2)c1. The number of carboxylic acids is 1. The Morgan fingerprint density at radius 3 is 2.68 bits per heavy atom. The maximum Gasteiger partial charge on any atom is 0.410 e. The van der Waals surface area contributed by atoms with Crippen molar-refractivity contribution in [3.8, 4) is 11.5 Å². The first-order chi connectivity index (χ1) is 15.0. The molecule has 1 fully saturated rings. The van der Waals surface area contributed by atoms with Gasteiger partial charge in [-0.2, -0.15) is 0 Å². The molecule has 3 aromatic rings. The second-order valence-corrected chi connectivity index (χ2v) is 7.56. The minimum Gasteiger partial charge on any atom is -0.481 e. The highest BCUT2D eigenvalue weighted by molar-refractivity contribution is 5.71. The normalized spacial score (nSPS) is 15.6. The summed E-state index contributed by atoms with van der Waals surface area (Å²) in [4.78, 5) is 25.2. The monoisotopic (exact) mass is 417 g/mol. The van der Waals surface area contributed by atoms with Crippen molar-refractivity contribution in [2.24, 2.45) is 0 Å². The number of nitrogens with zero attached hydrogens (tertiary/aromatic N) is 1. The molecule has 0 unspecified atom stereocenters. The molecule has 0 saturated carbocycles. The van der Waals surface area contributed by atoms with Gasteiger partial charge >= 0.3 is 12.1 Å². The van der Waals surface area contributed by atoms with E-state index in [2.05, 4.69) is 0 Å². The van der Waals surface area contributed by atoms with Gasteiger partial charge in [-0.25, -0.2) is 4.79 Å². The van der Waals surface area contributed by atoms with Crippen molar-refractivity contribution in [2.75, 3.05) is 6.61 Å². The summed E-state index contributed by atoms with van der Waals surface area (Å²) in [5.41, 5.74) is 3.57. The number of ether oxygens (including phenoxy) is 2. The van der Waals surface area contributed by atoms with Crippen molar-refractivity contribution in [1.29, 1.82) is 0 Å². The average molecular weight is 417 g/mol. The lowest BCUT2D eigenvalue weighted by Gasteiger charge is -2.23. The highest BCUT2D eigenvalue weighted by Crippen LogP contribution is 2.33. The molecule has 31 heavy (non-hydrogen) atoms. The predicted molar refractivity (Wildman–Crippen MR) is 115 cm³/mol. The number of benzene rings is 3. The van der Waals surface area contributed by atoms with E-state index in [1.807, 2.05) is 55.5 Å². The van der Waals surface area contributed by atoms with Crippen molar-refractivity contribution in [3.63, 3.8) is 0 Å². The number of aliphatic carboxylic acids is 1. The van der Waals surface area contributed by atoms with Gasteiger partial charge in [-0.05, 0) is 36.2 Å². The van der Waals surface area contributed by atoms with E-state index in [1.54, 1.807) is 29.2 Å². The summed E-state index contributed by atoms with van der Waals surface area (Å²) >= 11 is 0. The Morgan fingerprint density at radius 2 is 1.90 bits per heavy atom. The van der Waals surface area contributed by atoms with Crippen LogP contribution >= 0.6 is 0 Å². The van der Waals surface area contributed by atoms with Crippen molar-refractivity contribution < 1.29 is 24.2 Å². The van der Waals surface area contributed by atoms with Crippen LogP contribution in [-0.2, 0) is 22.5 Å². The van der Waals surface area contributed by atoms with Crippen LogP contribution in [0.15, 0.2) is 72.8 Å². The topological polar surface area (TPSA) is 76.1 Å². The zero-order valence-corrected chi connectivity index (χ0v) is 17.2. The van der Waals surface area contributed by atoms with Gasteiger partial charge in [0.25, 0.3) is 0 Å². The van der Waals surface area contributed by atoms with E-state index in [0.717, 1.165) is 16.7 Å². The first-order valence-electron chi connectivity index (χ1n) is 10.1. The Kier molecular flexibility index (Phi) is 5.89. The Morgan fingerprint density at radius 1 is 1.10 bits per heavy atom. The van der Waals surface area contributed by atoms with Crippen molar-refractivity contribution >= 4 is 12.1 Å². The van der Waals surface area contributed by atoms with Gasteiger partial charge in [-0.1, -0.05) is 60.2 Å². The second-order valence-electron chi connectivity index (χ2n) is 7.56. The Balaban J connectivity index is 1.60. The molecule has 4 rings (SSSR count). The first kappa shape index (κ1) is 20.5. The summed E-state index contributed by atoms with van der Waals surface area (Å²) in [7, 11) is 0. The van der Waals surface area contributed by atoms with Gasteiger partial charge in [-0.3, -0.25) is 9.69 Å². The van der Waals surface area contributed by atoms with Gasteiger partial charge in [-0.15, -0.1) is 0 Å². The van der Waals surface area contributed by atoms with Crippen LogP contribution in [0.4, 0.5) is 4.79 Å². The fourth-order valence-electron chi connectivity index (χ4n) is 3.71. The third-order valence-electron chi connectivity index (χ3n) is 5.20. The smallest absolute Gasteiger partial charge is 0.410 e. The van der Waals surface area contributed by atoms with Crippen LogP contribution in [0.25, 0.3) is 0 Å². The number of aryl methyl sites for hydroxylation is 1. The highest BCUT2D eigenvalue weighted by atomic mass is 16.6. The number of carbonyl (C=O) groups excluding carboxylic acids is 1. The predicted octanol–water partition coefficient (Wildman–Crippen LogP) is 5.11. The molecule has 158 valence electrons. The van der Waals surface area contributed by atoms with Crippen LogP contribution in [0.5, 0.6) is 11.5 Å². The maximum atomic E-state index is 12.5. The largest absolute Gasteiger partial charge is 0.481 e. The lowest BCUT2D eigenvalue weighted by Crippen LogP contribution is -2.27. The Bertz CT molecular complexity index is 1100. The highest BCUT2D eigenvalue weighted by Gasteiger charge is 2.34. The lowest BCUT2D eigenvalue weighted by molar-refractivity contribution is -0.136. The molecule has 6 nitrogen and oxygen atoms in total. The molecular formula is C25H23NO5. The average Bonchev–Trinajstić information content (AvgIpc) is 3.11. The third-order valence-corrected chi connectivity index (χ3v) is 5.20. The molecule has 1 heterocycles. The van der Waals surface area contributed by atoms with Crippen LogP contribution in [0, 0.1) is 6.92 Å². The summed E-state index contributed by atoms with van der Waals surface area (Å²) in [6.45, 7) is 2.63. The number of hydrogen-bond acceptors (Lipinski definition) is 4. The Hall–Kier alpha value is -3.80. The number of carboxylic acid groups (broad SMARTS) is 1. The third kappa shape index (κ3) is 4.86. The minimum absolute atomic E-state index is 0.0731. The summed E-state index contributed by atoms with van der Waals surface area (Å²) < 4.78 is 11.4. The summed E-state index contributed by atoms with van der Waals surface area (Å²) in [5, 5.41) is 9.04. The van der Waals surface area contributed by atoms with Gasteiger partial charge in [0, 0.05) is 5.56 Å². The Labute approximate surface area is 180 Å². The molecule has 1 N–H and O–H groups in total. The molecule has 0 radical (unpaired) electrons. The molecule has 1 amide bonds. The molecule has 1 aliphatic heterocycles. The van der Waals surface area contributed by atoms with Crippen LogP contribution in [-0.4, -0.2) is 28.7 Å². The second kappa shape index (κ2) is 8.92. The summed E-state index contributed by atoms with van der Waals surface area (Å²) in [5.74, 6) is 0.268. The van der Waals surface area contributed by atoms with Gasteiger partial charge in [0.15, 0.2) is 0 Å². The van der Waals surface area contributed by atoms with Crippen molar-refractivity contribution in [1.82, 2.24) is 4.90 Å². The molecule has 0 aliphatic carbocycles. The van der Waals surface area contributed by atoms with E-state index < -0.39 is 5.97 Å². The van der Waals surface area contributed by atoms with E-state index >= 15 is 0 Å². The standard InChI is InChI=1S/C25H23NO5/c1-17-10-11-23(31-21-9-5-6-18(13-21)14-24(27)28)20(12-17)15-26-22(16-30-25(26)29)19-7-3-2-4-8-19/h2-13,22H,14-16H2,1H3,(H,27,28)/t22-/m1/s1. The zero-order valence-electron chi connectivity index (χ0n) is 17.2. The van der Waals surface area contributed by atoms with Gasteiger partial charge in [0.05, 0.1) is 19.0 Å². The molecule has 6 heteroatoms. The number of amides is 1. The lowest BCUT2D eigenvalue weighted by atomic mass is 10.1. The molecule has 0 aromatic heterocycles. The quantitative estimate of drug-likeness (QED) is 0.578. The van der Waals surface area contributed by atoms with Gasteiger partial charge in [0.2, 0.25) is 0 Å². The molecular weight excluding hydrogens is 394 g/mol. The number of rotatable bonds is 7. The van der Waals surface area contributed by atoms with Crippen molar-refractivity contribution in [2.45, 2.75) is 25.9 Å². The summed E-state index contributed by atoms with van der Waals surface area (Å²) in [6, 6.07) is 22.5. The number of cyclic esters (lactones) is 1. The van der Waals surface area contributed by atoms with Gasteiger partial charge < -0.3 is 14.6 Å². The summed E-state index contributed by atoms with van der Waals surface area (Å²) in [6.07, 6.45) is -0.430.